The summed E-state index contributed by atoms with van der Waals surface area (Å²) in [6, 6.07) is 6.38. The van der Waals surface area contributed by atoms with Gasteiger partial charge >= 0.3 is 0 Å². The minimum atomic E-state index is -0.0384. The first-order chi connectivity index (χ1) is 9.99. The van der Waals surface area contributed by atoms with E-state index in [9.17, 15) is 4.79 Å². The van der Waals surface area contributed by atoms with Gasteiger partial charge in [-0.15, -0.1) is 0 Å². The molecule has 1 saturated heterocycles. The van der Waals surface area contributed by atoms with Gasteiger partial charge in [0.05, 0.1) is 6.04 Å². The Balaban J connectivity index is 2.16. The lowest BCUT2D eigenvalue weighted by atomic mass is 9.94. The van der Waals surface area contributed by atoms with E-state index < -0.39 is 0 Å². The molecule has 0 aliphatic carbocycles. The highest BCUT2D eigenvalue weighted by molar-refractivity contribution is 5.95. The van der Waals surface area contributed by atoms with Crippen molar-refractivity contribution in [1.82, 2.24) is 5.32 Å². The largest absolute Gasteiger partial charge is 0.324 e. The van der Waals surface area contributed by atoms with Crippen LogP contribution in [0.2, 0.25) is 0 Å². The Kier molecular flexibility index (Phi) is 5.40. The van der Waals surface area contributed by atoms with Crippen molar-refractivity contribution >= 4 is 11.6 Å². The number of benzene rings is 1. The van der Waals surface area contributed by atoms with Crippen LogP contribution in [-0.2, 0) is 4.79 Å². The molecule has 3 nitrogen and oxygen atoms in total. The first-order valence-electron chi connectivity index (χ1n) is 8.17. The van der Waals surface area contributed by atoms with Gasteiger partial charge in [-0.1, -0.05) is 46.2 Å². The normalized spacial score (nSPS) is 19.0. The van der Waals surface area contributed by atoms with Crippen LogP contribution >= 0.6 is 0 Å². The zero-order valence-electron chi connectivity index (χ0n) is 13.7. The molecule has 1 aromatic carbocycles. The minimum Gasteiger partial charge on any atom is -0.324 e. The molecule has 0 radical (unpaired) electrons. The fraction of sp³-hybridized carbons (Fsp3) is 0.611. The topological polar surface area (TPSA) is 41.1 Å². The molecule has 0 saturated carbocycles. The highest BCUT2D eigenvalue weighted by Crippen LogP contribution is 2.28. The van der Waals surface area contributed by atoms with Crippen LogP contribution in [0.4, 0.5) is 5.69 Å². The van der Waals surface area contributed by atoms with Gasteiger partial charge in [0, 0.05) is 5.69 Å². The fourth-order valence-corrected chi connectivity index (χ4v) is 2.83. The lowest BCUT2D eigenvalue weighted by Crippen LogP contribution is -2.43. The van der Waals surface area contributed by atoms with E-state index in [1.54, 1.807) is 0 Å². The number of piperidine rings is 1. The molecule has 3 heteroatoms. The second-order valence-corrected chi connectivity index (χ2v) is 6.65. The van der Waals surface area contributed by atoms with E-state index in [1.807, 2.05) is 0 Å². The molecule has 2 N–H and O–H groups in total. The molecule has 1 amide bonds. The van der Waals surface area contributed by atoms with Crippen LogP contribution in [0.5, 0.6) is 0 Å². The quantitative estimate of drug-likeness (QED) is 0.878. The second-order valence-electron chi connectivity index (χ2n) is 6.65. The fourth-order valence-electron chi connectivity index (χ4n) is 2.83. The number of nitrogens with one attached hydrogen (secondary N) is 2. The molecule has 0 aromatic heterocycles. The Labute approximate surface area is 128 Å². The predicted molar refractivity (Wildman–Crippen MR) is 88.9 cm³/mol. The molecule has 1 aliphatic heterocycles. The van der Waals surface area contributed by atoms with Crippen molar-refractivity contribution in [2.45, 2.75) is 64.8 Å². The SMILES string of the molecule is CC(C)c1ccc(NC(=O)[C@H]2CCCCN2)c(C(C)C)c1. The molecule has 0 unspecified atom stereocenters. The molecule has 21 heavy (non-hydrogen) atoms. The van der Waals surface area contributed by atoms with Gasteiger partial charge < -0.3 is 10.6 Å². The summed E-state index contributed by atoms with van der Waals surface area (Å²) in [5, 5.41) is 6.43. The number of anilines is 1. The zero-order valence-corrected chi connectivity index (χ0v) is 13.7. The van der Waals surface area contributed by atoms with Crippen molar-refractivity contribution in [3.05, 3.63) is 29.3 Å². The van der Waals surface area contributed by atoms with Crippen molar-refractivity contribution < 1.29 is 4.79 Å². The van der Waals surface area contributed by atoms with E-state index in [4.69, 9.17) is 0 Å². The Morgan fingerprint density at radius 1 is 1.19 bits per heavy atom. The molecule has 0 bridgehead atoms. The summed E-state index contributed by atoms with van der Waals surface area (Å²) >= 11 is 0. The Morgan fingerprint density at radius 2 is 1.95 bits per heavy atom. The zero-order chi connectivity index (χ0) is 15.4. The maximum absolute atomic E-state index is 12.4. The number of amides is 1. The Hall–Kier alpha value is -1.35. The van der Waals surface area contributed by atoms with Gasteiger partial charge in [-0.2, -0.15) is 0 Å². The van der Waals surface area contributed by atoms with Gasteiger partial charge in [-0.05, 0) is 48.4 Å². The number of rotatable bonds is 4. The van der Waals surface area contributed by atoms with Crippen LogP contribution in [0.25, 0.3) is 0 Å². The maximum Gasteiger partial charge on any atom is 0.241 e. The van der Waals surface area contributed by atoms with E-state index >= 15 is 0 Å². The summed E-state index contributed by atoms with van der Waals surface area (Å²) in [5.41, 5.74) is 3.52. The van der Waals surface area contributed by atoms with E-state index in [-0.39, 0.29) is 11.9 Å². The number of hydrogen-bond acceptors (Lipinski definition) is 2. The van der Waals surface area contributed by atoms with E-state index in [0.29, 0.717) is 11.8 Å². The molecule has 1 heterocycles. The first-order valence-corrected chi connectivity index (χ1v) is 8.17. The molecule has 1 aliphatic rings. The molecule has 1 fully saturated rings. The van der Waals surface area contributed by atoms with Crippen molar-refractivity contribution in [3.63, 3.8) is 0 Å². The summed E-state index contributed by atoms with van der Waals surface area (Å²) < 4.78 is 0. The van der Waals surface area contributed by atoms with Gasteiger partial charge in [0.2, 0.25) is 5.91 Å². The summed E-state index contributed by atoms with van der Waals surface area (Å²) in [5.74, 6) is 1.01. The van der Waals surface area contributed by atoms with Crippen LogP contribution in [0, 0.1) is 0 Å². The van der Waals surface area contributed by atoms with Crippen LogP contribution in [-0.4, -0.2) is 18.5 Å². The smallest absolute Gasteiger partial charge is 0.241 e. The molecule has 1 aromatic rings. The number of carbonyl (C=O) groups excluding carboxylic acids is 1. The van der Waals surface area contributed by atoms with Crippen molar-refractivity contribution in [1.29, 1.82) is 0 Å². The van der Waals surface area contributed by atoms with E-state index in [1.165, 1.54) is 17.5 Å². The van der Waals surface area contributed by atoms with Crippen molar-refractivity contribution in [2.24, 2.45) is 0 Å². The highest BCUT2D eigenvalue weighted by Gasteiger charge is 2.21. The average Bonchev–Trinajstić information content (AvgIpc) is 2.48. The minimum absolute atomic E-state index is 0.0384. The summed E-state index contributed by atoms with van der Waals surface area (Å²) in [6.45, 7) is 9.69. The molecule has 2 rings (SSSR count). The Bertz CT molecular complexity index is 488. The summed E-state index contributed by atoms with van der Waals surface area (Å²) in [4.78, 5) is 12.4. The van der Waals surface area contributed by atoms with Gasteiger partial charge in [-0.3, -0.25) is 4.79 Å². The highest BCUT2D eigenvalue weighted by atomic mass is 16.2. The molecule has 0 spiro atoms. The van der Waals surface area contributed by atoms with Crippen molar-refractivity contribution in [2.75, 3.05) is 11.9 Å². The average molecular weight is 288 g/mol. The van der Waals surface area contributed by atoms with Gasteiger partial charge in [0.25, 0.3) is 0 Å². The monoisotopic (exact) mass is 288 g/mol. The van der Waals surface area contributed by atoms with Crippen LogP contribution in [0.1, 0.15) is 69.9 Å². The third kappa shape index (κ3) is 4.07. The summed E-state index contributed by atoms with van der Waals surface area (Å²) in [7, 11) is 0. The molecule has 1 atom stereocenters. The lowest BCUT2D eigenvalue weighted by Gasteiger charge is -2.24. The van der Waals surface area contributed by atoms with Crippen molar-refractivity contribution in [3.8, 4) is 0 Å². The lowest BCUT2D eigenvalue weighted by molar-refractivity contribution is -0.118. The Morgan fingerprint density at radius 3 is 2.52 bits per heavy atom. The molecule has 116 valence electrons. The molecular formula is C18H28N2O. The predicted octanol–water partition coefficient (Wildman–Crippen LogP) is 4.01. The van der Waals surface area contributed by atoms with Crippen LogP contribution < -0.4 is 10.6 Å². The van der Waals surface area contributed by atoms with Crippen LogP contribution in [0.15, 0.2) is 18.2 Å². The van der Waals surface area contributed by atoms with Gasteiger partial charge in [0.1, 0.15) is 0 Å². The third-order valence-corrected chi connectivity index (χ3v) is 4.25. The first kappa shape index (κ1) is 16.0. The van der Waals surface area contributed by atoms with Crippen LogP contribution in [0.3, 0.4) is 0 Å². The van der Waals surface area contributed by atoms with Gasteiger partial charge in [0.15, 0.2) is 0 Å². The maximum atomic E-state index is 12.4. The molecular weight excluding hydrogens is 260 g/mol. The van der Waals surface area contributed by atoms with Gasteiger partial charge in [-0.25, -0.2) is 0 Å². The third-order valence-electron chi connectivity index (χ3n) is 4.25. The number of hydrogen-bond donors (Lipinski definition) is 2. The number of carbonyl (C=O) groups is 1. The van der Waals surface area contributed by atoms with E-state index in [0.717, 1.165) is 25.1 Å². The van der Waals surface area contributed by atoms with E-state index in [2.05, 4.69) is 56.5 Å². The second kappa shape index (κ2) is 7.08. The standard InChI is InChI=1S/C18H28N2O/c1-12(2)14-8-9-16(15(11-14)13(3)4)20-18(21)17-7-5-6-10-19-17/h8-9,11-13,17,19H,5-7,10H2,1-4H3,(H,20,21)/t17-/m1/s1. The summed E-state index contributed by atoms with van der Waals surface area (Å²) in [6.07, 6.45) is 3.24.